The van der Waals surface area contributed by atoms with Crippen molar-refractivity contribution in [3.05, 3.63) is 23.7 Å². The molecular formula is C12H16O4. The SMILES string of the molecule is CCCCC(=O)c1ccc(C(=O)OCC)o1. The van der Waals surface area contributed by atoms with E-state index in [0.29, 0.717) is 13.0 Å². The minimum absolute atomic E-state index is 0.0719. The number of hydrogen-bond donors (Lipinski definition) is 0. The molecular weight excluding hydrogens is 208 g/mol. The van der Waals surface area contributed by atoms with Crippen molar-refractivity contribution < 1.29 is 18.7 Å². The van der Waals surface area contributed by atoms with Gasteiger partial charge in [-0.05, 0) is 25.5 Å². The van der Waals surface area contributed by atoms with Crippen LogP contribution < -0.4 is 0 Å². The largest absolute Gasteiger partial charge is 0.460 e. The number of furan rings is 1. The van der Waals surface area contributed by atoms with Gasteiger partial charge in [0.05, 0.1) is 6.61 Å². The topological polar surface area (TPSA) is 56.5 Å². The summed E-state index contributed by atoms with van der Waals surface area (Å²) in [6.07, 6.45) is 2.23. The zero-order valence-electron chi connectivity index (χ0n) is 9.62. The Labute approximate surface area is 94.6 Å². The molecule has 1 aromatic rings. The van der Waals surface area contributed by atoms with Gasteiger partial charge in [0, 0.05) is 6.42 Å². The summed E-state index contributed by atoms with van der Waals surface area (Å²) in [4.78, 5) is 22.8. The molecule has 88 valence electrons. The standard InChI is InChI=1S/C12H16O4/c1-3-5-6-9(13)10-7-8-11(16-10)12(14)15-4-2/h7-8H,3-6H2,1-2H3. The van der Waals surface area contributed by atoms with E-state index in [4.69, 9.17) is 9.15 Å². The second kappa shape index (κ2) is 6.10. The van der Waals surface area contributed by atoms with Gasteiger partial charge in [-0.3, -0.25) is 4.79 Å². The van der Waals surface area contributed by atoms with Crippen molar-refractivity contribution in [2.75, 3.05) is 6.61 Å². The molecule has 0 aliphatic heterocycles. The van der Waals surface area contributed by atoms with Crippen molar-refractivity contribution in [1.82, 2.24) is 0 Å². The van der Waals surface area contributed by atoms with Crippen LogP contribution in [0.1, 0.15) is 54.2 Å². The Bertz CT molecular complexity index is 365. The molecule has 4 heteroatoms. The van der Waals surface area contributed by atoms with Gasteiger partial charge in [0.25, 0.3) is 0 Å². The number of Topliss-reactive ketones (excluding diaryl/α,β-unsaturated/α-hetero) is 1. The molecule has 1 aromatic heterocycles. The second-order valence-corrected chi connectivity index (χ2v) is 3.41. The maximum atomic E-state index is 11.6. The summed E-state index contributed by atoms with van der Waals surface area (Å²) in [6, 6.07) is 2.99. The fourth-order valence-electron chi connectivity index (χ4n) is 1.26. The monoisotopic (exact) mass is 224 g/mol. The third-order valence-corrected chi connectivity index (χ3v) is 2.11. The molecule has 0 aromatic carbocycles. The summed E-state index contributed by atoms with van der Waals surface area (Å²) in [7, 11) is 0. The highest BCUT2D eigenvalue weighted by molar-refractivity contribution is 5.95. The molecule has 0 aliphatic carbocycles. The van der Waals surface area contributed by atoms with Crippen molar-refractivity contribution >= 4 is 11.8 Å². The lowest BCUT2D eigenvalue weighted by Gasteiger charge is -1.97. The summed E-state index contributed by atoms with van der Waals surface area (Å²) < 4.78 is 9.89. The first kappa shape index (κ1) is 12.5. The van der Waals surface area contributed by atoms with Crippen molar-refractivity contribution in [2.24, 2.45) is 0 Å². The fourth-order valence-corrected chi connectivity index (χ4v) is 1.26. The van der Waals surface area contributed by atoms with Crippen LogP contribution in [0.2, 0.25) is 0 Å². The average molecular weight is 224 g/mol. The zero-order valence-corrected chi connectivity index (χ0v) is 9.62. The maximum absolute atomic E-state index is 11.6. The van der Waals surface area contributed by atoms with E-state index in [1.54, 1.807) is 6.92 Å². The van der Waals surface area contributed by atoms with Crippen LogP contribution in [0.25, 0.3) is 0 Å². The minimum atomic E-state index is -0.531. The highest BCUT2D eigenvalue weighted by Gasteiger charge is 2.15. The summed E-state index contributed by atoms with van der Waals surface area (Å²) in [6.45, 7) is 4.02. The van der Waals surface area contributed by atoms with E-state index in [9.17, 15) is 9.59 Å². The molecule has 0 bridgehead atoms. The summed E-state index contributed by atoms with van der Waals surface area (Å²) in [5, 5.41) is 0. The van der Waals surface area contributed by atoms with Crippen LogP contribution in [0.3, 0.4) is 0 Å². The summed E-state index contributed by atoms with van der Waals surface area (Å²) in [5.74, 6) is -0.285. The lowest BCUT2D eigenvalue weighted by Crippen LogP contribution is -2.03. The van der Waals surface area contributed by atoms with Crippen molar-refractivity contribution in [1.29, 1.82) is 0 Å². The molecule has 0 atom stereocenters. The van der Waals surface area contributed by atoms with E-state index in [-0.39, 0.29) is 17.3 Å². The molecule has 0 spiro atoms. The number of carbonyl (C=O) groups excluding carboxylic acids is 2. The second-order valence-electron chi connectivity index (χ2n) is 3.41. The third-order valence-electron chi connectivity index (χ3n) is 2.11. The van der Waals surface area contributed by atoms with E-state index in [1.807, 2.05) is 6.92 Å². The number of ether oxygens (including phenoxy) is 1. The van der Waals surface area contributed by atoms with Crippen LogP contribution in [0, 0.1) is 0 Å². The first-order valence-corrected chi connectivity index (χ1v) is 5.49. The molecule has 0 fully saturated rings. The van der Waals surface area contributed by atoms with E-state index in [0.717, 1.165) is 12.8 Å². The van der Waals surface area contributed by atoms with Crippen molar-refractivity contribution in [2.45, 2.75) is 33.1 Å². The Hall–Kier alpha value is -1.58. The smallest absolute Gasteiger partial charge is 0.374 e. The molecule has 16 heavy (non-hydrogen) atoms. The van der Waals surface area contributed by atoms with Crippen molar-refractivity contribution in [3.8, 4) is 0 Å². The highest BCUT2D eigenvalue weighted by Crippen LogP contribution is 2.12. The van der Waals surface area contributed by atoms with E-state index < -0.39 is 5.97 Å². The number of esters is 1. The zero-order chi connectivity index (χ0) is 12.0. The maximum Gasteiger partial charge on any atom is 0.374 e. The van der Waals surface area contributed by atoms with E-state index in [1.165, 1.54) is 12.1 Å². The van der Waals surface area contributed by atoms with Gasteiger partial charge in [0.2, 0.25) is 5.76 Å². The molecule has 1 heterocycles. The Morgan fingerprint density at radius 1 is 1.25 bits per heavy atom. The fraction of sp³-hybridized carbons (Fsp3) is 0.500. The molecule has 0 aliphatic rings. The van der Waals surface area contributed by atoms with Gasteiger partial charge in [-0.2, -0.15) is 0 Å². The predicted octanol–water partition coefficient (Wildman–Crippen LogP) is 2.83. The quantitative estimate of drug-likeness (QED) is 0.550. The molecule has 4 nitrogen and oxygen atoms in total. The number of ketones is 1. The van der Waals surface area contributed by atoms with Gasteiger partial charge < -0.3 is 9.15 Å². The Morgan fingerprint density at radius 3 is 2.56 bits per heavy atom. The van der Waals surface area contributed by atoms with Crippen LogP contribution in [-0.4, -0.2) is 18.4 Å². The number of unbranched alkanes of at least 4 members (excludes halogenated alkanes) is 1. The number of carbonyl (C=O) groups is 2. The minimum Gasteiger partial charge on any atom is -0.460 e. The highest BCUT2D eigenvalue weighted by atomic mass is 16.5. The molecule has 0 saturated carbocycles. The van der Waals surface area contributed by atoms with Gasteiger partial charge in [0.15, 0.2) is 11.5 Å². The Kier molecular flexibility index (Phi) is 4.76. The van der Waals surface area contributed by atoms with Gasteiger partial charge in [-0.1, -0.05) is 13.3 Å². The molecule has 0 saturated heterocycles. The summed E-state index contributed by atoms with van der Waals surface area (Å²) >= 11 is 0. The van der Waals surface area contributed by atoms with Crippen LogP contribution in [0.15, 0.2) is 16.5 Å². The Morgan fingerprint density at radius 2 is 1.94 bits per heavy atom. The van der Waals surface area contributed by atoms with E-state index in [2.05, 4.69) is 0 Å². The van der Waals surface area contributed by atoms with Gasteiger partial charge >= 0.3 is 5.97 Å². The normalized spacial score (nSPS) is 10.1. The lowest BCUT2D eigenvalue weighted by molar-refractivity contribution is 0.0488. The summed E-state index contributed by atoms with van der Waals surface area (Å²) in [5.41, 5.74) is 0. The van der Waals surface area contributed by atoms with Gasteiger partial charge in [-0.25, -0.2) is 4.79 Å². The first-order chi connectivity index (χ1) is 7.69. The van der Waals surface area contributed by atoms with Crippen LogP contribution >= 0.6 is 0 Å². The third kappa shape index (κ3) is 3.22. The number of hydrogen-bond acceptors (Lipinski definition) is 4. The van der Waals surface area contributed by atoms with Gasteiger partial charge in [0.1, 0.15) is 0 Å². The molecule has 0 unspecified atom stereocenters. The van der Waals surface area contributed by atoms with E-state index >= 15 is 0 Å². The predicted molar refractivity (Wildman–Crippen MR) is 58.5 cm³/mol. The molecule has 0 radical (unpaired) electrons. The van der Waals surface area contributed by atoms with Crippen LogP contribution in [-0.2, 0) is 4.74 Å². The van der Waals surface area contributed by atoms with Crippen LogP contribution in [0.5, 0.6) is 0 Å². The van der Waals surface area contributed by atoms with Crippen molar-refractivity contribution in [3.63, 3.8) is 0 Å². The molecule has 1 rings (SSSR count). The first-order valence-electron chi connectivity index (χ1n) is 5.49. The average Bonchev–Trinajstić information content (AvgIpc) is 2.75. The number of rotatable bonds is 6. The molecule has 0 N–H and O–H groups in total. The lowest BCUT2D eigenvalue weighted by atomic mass is 10.1. The van der Waals surface area contributed by atoms with Gasteiger partial charge in [-0.15, -0.1) is 0 Å². The Balaban J connectivity index is 2.63. The molecule has 0 amide bonds. The van der Waals surface area contributed by atoms with Crippen LogP contribution in [0.4, 0.5) is 0 Å².